The number of hydrogen-bond donors (Lipinski definition) is 0. The molecule has 0 saturated heterocycles. The molecule has 24 heavy (non-hydrogen) atoms. The van der Waals surface area contributed by atoms with Crippen LogP contribution in [0.15, 0.2) is 23.4 Å². The highest BCUT2D eigenvalue weighted by Crippen LogP contribution is 2.49. The van der Waals surface area contributed by atoms with Gasteiger partial charge in [0.05, 0.1) is 23.3 Å². The van der Waals surface area contributed by atoms with Gasteiger partial charge in [-0.2, -0.15) is 0 Å². The van der Waals surface area contributed by atoms with Crippen LogP contribution in [0, 0.1) is 0 Å². The minimum atomic E-state index is -3.56. The van der Waals surface area contributed by atoms with Crippen LogP contribution in [0.4, 0.5) is 0 Å². The normalized spacial score (nSPS) is 12.1. The van der Waals surface area contributed by atoms with E-state index in [1.165, 1.54) is 19.1 Å². The second-order valence-corrected chi connectivity index (χ2v) is 7.27. The zero-order chi connectivity index (χ0) is 18.2. The molecule has 10 heteroatoms. The highest BCUT2D eigenvalue weighted by atomic mass is 35.5. The Morgan fingerprint density at radius 3 is 2.33 bits per heavy atom. The third-order valence-electron chi connectivity index (χ3n) is 2.52. The van der Waals surface area contributed by atoms with Crippen molar-refractivity contribution in [2.45, 2.75) is 20.8 Å². The molecular weight excluding hydrogens is 380 g/mol. The first-order valence-electron chi connectivity index (χ1n) is 7.04. The average molecular weight is 398 g/mol. The zero-order valence-electron chi connectivity index (χ0n) is 13.5. The van der Waals surface area contributed by atoms with E-state index >= 15 is 0 Å². The van der Waals surface area contributed by atoms with Crippen molar-refractivity contribution in [3.8, 4) is 5.75 Å². The minimum Gasteiger partial charge on any atom is -0.482 e. The first-order valence-corrected chi connectivity index (χ1v) is 9.34. The van der Waals surface area contributed by atoms with Gasteiger partial charge in [-0.1, -0.05) is 28.4 Å². The molecule has 0 fully saturated rings. The maximum atomic E-state index is 12.3. The Kier molecular flexibility index (Phi) is 8.73. The lowest BCUT2D eigenvalue weighted by Gasteiger charge is -2.15. The van der Waals surface area contributed by atoms with Crippen LogP contribution in [0.5, 0.6) is 5.75 Å². The Morgan fingerprint density at radius 2 is 1.79 bits per heavy atom. The number of carbonyl (C=O) groups excluding carboxylic acids is 1. The summed E-state index contributed by atoms with van der Waals surface area (Å²) in [5.74, 6) is -0.448. The van der Waals surface area contributed by atoms with E-state index in [9.17, 15) is 9.36 Å². The van der Waals surface area contributed by atoms with Gasteiger partial charge in [-0.3, -0.25) is 4.57 Å². The van der Waals surface area contributed by atoms with Crippen LogP contribution in [0.25, 0.3) is 0 Å². The molecule has 0 aliphatic carbocycles. The summed E-state index contributed by atoms with van der Waals surface area (Å²) in [6.45, 7) is 4.63. The van der Waals surface area contributed by atoms with Gasteiger partial charge in [0.1, 0.15) is 5.75 Å². The number of nitrogens with zero attached hydrogens (tertiary/aromatic N) is 1. The molecule has 0 atom stereocenters. The fraction of sp³-hybridized carbons (Fsp3) is 0.429. The van der Waals surface area contributed by atoms with Crippen LogP contribution in [-0.4, -0.2) is 31.2 Å². The van der Waals surface area contributed by atoms with Gasteiger partial charge in [0.2, 0.25) is 0 Å². The number of halogens is 2. The third kappa shape index (κ3) is 6.42. The summed E-state index contributed by atoms with van der Waals surface area (Å²) in [6, 6.07) is 4.55. The SMILES string of the molecule is CCOP(=O)(OCC)C(C)=NOC(=O)COc1ccc(Cl)c(Cl)c1. The molecule has 1 aromatic carbocycles. The van der Waals surface area contributed by atoms with Crippen LogP contribution >= 0.6 is 30.8 Å². The van der Waals surface area contributed by atoms with E-state index in [4.69, 9.17) is 37.0 Å². The van der Waals surface area contributed by atoms with Crippen molar-refractivity contribution in [3.05, 3.63) is 28.2 Å². The Bertz CT molecular complexity index is 642. The van der Waals surface area contributed by atoms with Crippen LogP contribution < -0.4 is 4.74 Å². The smallest absolute Gasteiger partial charge is 0.378 e. The Hall–Kier alpha value is -1.11. The van der Waals surface area contributed by atoms with E-state index < -0.39 is 20.2 Å². The molecule has 134 valence electrons. The van der Waals surface area contributed by atoms with Crippen LogP contribution in [-0.2, 0) is 23.2 Å². The topological polar surface area (TPSA) is 83.4 Å². The van der Waals surface area contributed by atoms with E-state index in [1.807, 2.05) is 0 Å². The molecule has 0 unspecified atom stereocenters. The summed E-state index contributed by atoms with van der Waals surface area (Å²) < 4.78 is 27.7. The summed E-state index contributed by atoms with van der Waals surface area (Å²) >= 11 is 11.6. The van der Waals surface area contributed by atoms with E-state index in [2.05, 4.69) is 9.99 Å². The molecule has 1 rings (SSSR count). The van der Waals surface area contributed by atoms with Crippen molar-refractivity contribution in [2.24, 2.45) is 5.16 Å². The van der Waals surface area contributed by atoms with Gasteiger partial charge in [0.15, 0.2) is 12.1 Å². The van der Waals surface area contributed by atoms with Crippen molar-refractivity contribution in [1.29, 1.82) is 0 Å². The summed E-state index contributed by atoms with van der Waals surface area (Å²) in [4.78, 5) is 16.3. The zero-order valence-corrected chi connectivity index (χ0v) is 15.9. The number of ether oxygens (including phenoxy) is 1. The quantitative estimate of drug-likeness (QED) is 0.263. The van der Waals surface area contributed by atoms with Gasteiger partial charge in [0, 0.05) is 6.07 Å². The predicted octanol–water partition coefficient (Wildman–Crippen LogP) is 4.51. The summed E-state index contributed by atoms with van der Waals surface area (Å²) in [5.41, 5.74) is -0.0610. The van der Waals surface area contributed by atoms with Crippen LogP contribution in [0.1, 0.15) is 20.8 Å². The number of hydrogen-bond acceptors (Lipinski definition) is 7. The molecule has 0 saturated carbocycles. The molecule has 0 radical (unpaired) electrons. The third-order valence-corrected chi connectivity index (χ3v) is 5.33. The van der Waals surface area contributed by atoms with Gasteiger partial charge >= 0.3 is 13.6 Å². The molecule has 7 nitrogen and oxygen atoms in total. The number of oxime groups is 1. The van der Waals surface area contributed by atoms with Crippen LogP contribution in [0.3, 0.4) is 0 Å². The lowest BCUT2D eigenvalue weighted by atomic mass is 10.3. The largest absolute Gasteiger partial charge is 0.482 e. The molecule has 0 aromatic heterocycles. The summed E-state index contributed by atoms with van der Waals surface area (Å²) in [7, 11) is -3.56. The molecule has 0 bridgehead atoms. The Labute approximate surface area is 150 Å². The molecule has 0 heterocycles. The molecular formula is C14H18Cl2NO6P. The van der Waals surface area contributed by atoms with E-state index in [-0.39, 0.29) is 18.7 Å². The minimum absolute atomic E-state index is 0.0610. The Morgan fingerprint density at radius 1 is 1.17 bits per heavy atom. The molecule has 0 aliphatic rings. The first kappa shape index (κ1) is 20.9. The highest BCUT2D eigenvalue weighted by molar-refractivity contribution is 7.72. The predicted molar refractivity (Wildman–Crippen MR) is 92.0 cm³/mol. The number of benzene rings is 1. The van der Waals surface area contributed by atoms with E-state index in [0.29, 0.717) is 15.8 Å². The number of carbonyl (C=O) groups is 1. The molecule has 1 aromatic rings. The van der Waals surface area contributed by atoms with E-state index in [1.54, 1.807) is 19.9 Å². The average Bonchev–Trinajstić information content (AvgIpc) is 2.54. The van der Waals surface area contributed by atoms with Crippen molar-refractivity contribution in [2.75, 3.05) is 19.8 Å². The van der Waals surface area contributed by atoms with Crippen molar-refractivity contribution in [3.63, 3.8) is 0 Å². The summed E-state index contributed by atoms with van der Waals surface area (Å²) in [5, 5.41) is 4.17. The lowest BCUT2D eigenvalue weighted by Crippen LogP contribution is -2.14. The Balaban J connectivity index is 2.60. The standard InChI is InChI=1S/C14H18Cl2NO6P/c1-4-21-24(19,22-5-2)10(3)17-23-14(18)9-20-11-6-7-12(15)13(16)8-11/h6-8H,4-5,9H2,1-3H3. The maximum Gasteiger partial charge on any atom is 0.378 e. The van der Waals surface area contributed by atoms with Crippen LogP contribution in [0.2, 0.25) is 10.0 Å². The van der Waals surface area contributed by atoms with E-state index in [0.717, 1.165) is 0 Å². The fourth-order valence-electron chi connectivity index (χ4n) is 1.47. The maximum absolute atomic E-state index is 12.3. The van der Waals surface area contributed by atoms with Gasteiger partial charge in [-0.15, -0.1) is 0 Å². The molecule has 0 aliphatic heterocycles. The van der Waals surface area contributed by atoms with Gasteiger partial charge < -0.3 is 18.6 Å². The van der Waals surface area contributed by atoms with Crippen molar-refractivity contribution in [1.82, 2.24) is 0 Å². The van der Waals surface area contributed by atoms with Gasteiger partial charge in [-0.05, 0) is 32.9 Å². The number of rotatable bonds is 9. The molecule has 0 amide bonds. The van der Waals surface area contributed by atoms with Gasteiger partial charge in [0.25, 0.3) is 0 Å². The molecule has 0 N–H and O–H groups in total. The van der Waals surface area contributed by atoms with Gasteiger partial charge in [-0.25, -0.2) is 4.79 Å². The monoisotopic (exact) mass is 397 g/mol. The second kappa shape index (κ2) is 10.0. The second-order valence-electron chi connectivity index (χ2n) is 4.30. The lowest BCUT2D eigenvalue weighted by molar-refractivity contribution is -0.146. The first-order chi connectivity index (χ1) is 11.3. The van der Waals surface area contributed by atoms with Crippen molar-refractivity contribution < 1.29 is 28.0 Å². The summed E-state index contributed by atoms with van der Waals surface area (Å²) in [6.07, 6.45) is 0. The van der Waals surface area contributed by atoms with Crippen molar-refractivity contribution >= 4 is 42.2 Å². The fourth-order valence-corrected chi connectivity index (χ4v) is 3.02. The molecule has 0 spiro atoms. The highest BCUT2D eigenvalue weighted by Gasteiger charge is 2.29.